The van der Waals surface area contributed by atoms with Gasteiger partial charge in [0.15, 0.2) is 0 Å². The zero-order chi connectivity index (χ0) is 37.0. The van der Waals surface area contributed by atoms with E-state index in [9.17, 15) is 0 Å². The number of allylic oxidation sites excluding steroid dienone is 1. The molecule has 1 unspecified atom stereocenters. The monoisotopic (exact) mass is 715 g/mol. The van der Waals surface area contributed by atoms with Crippen molar-refractivity contribution in [2.24, 2.45) is 4.99 Å². The van der Waals surface area contributed by atoms with Crippen LogP contribution in [-0.4, -0.2) is 14.8 Å². The van der Waals surface area contributed by atoms with Crippen LogP contribution in [0.2, 0.25) is 0 Å². The summed E-state index contributed by atoms with van der Waals surface area (Å²) >= 11 is 0. The lowest BCUT2D eigenvalue weighted by molar-refractivity contribution is 0.654. The topological polar surface area (TPSA) is 36.3 Å². The molecule has 0 spiro atoms. The molecule has 264 valence electrons. The minimum Gasteiger partial charge on any atom is -0.652 e. The Morgan fingerprint density at radius 2 is 0.857 bits per heavy atom. The molecule has 2 aromatic heterocycles. The number of hydrogen-bond acceptors (Lipinski definition) is 1. The minimum absolute atomic E-state index is 0.454. The van der Waals surface area contributed by atoms with E-state index in [2.05, 4.69) is 203 Å². The van der Waals surface area contributed by atoms with Gasteiger partial charge >= 0.3 is 0 Å². The smallest absolute Gasteiger partial charge is 0.0635 e. The number of benzene rings is 8. The van der Waals surface area contributed by atoms with Crippen molar-refractivity contribution in [1.82, 2.24) is 9.13 Å². The SMILES string of the molecule is C1=CC(c2cc(-c3ccccc3)cc(-c3ccccc3)c2)=NC(n2c3ccccc3c3cc(-c4ccc5c(c4)c4ccccc4n5-c4ccccc4)ccc32)[N-]1. The first kappa shape index (κ1) is 32.0. The Labute approximate surface area is 324 Å². The molecule has 1 atom stereocenters. The highest BCUT2D eigenvalue weighted by atomic mass is 15.3. The van der Waals surface area contributed by atoms with Crippen LogP contribution in [0.15, 0.2) is 211 Å². The minimum atomic E-state index is -0.454. The van der Waals surface area contributed by atoms with Crippen molar-refractivity contribution in [3.63, 3.8) is 0 Å². The number of fused-ring (bicyclic) bond motifs is 6. The van der Waals surface area contributed by atoms with Crippen molar-refractivity contribution >= 4 is 49.3 Å². The first-order chi connectivity index (χ1) is 27.8. The first-order valence-corrected chi connectivity index (χ1v) is 19.1. The van der Waals surface area contributed by atoms with E-state index >= 15 is 0 Å². The molecule has 3 heterocycles. The highest BCUT2D eigenvalue weighted by Gasteiger charge is 2.18. The Bertz CT molecular complexity index is 3090. The molecular formula is C52H35N4-. The van der Waals surface area contributed by atoms with Crippen LogP contribution in [0.4, 0.5) is 0 Å². The van der Waals surface area contributed by atoms with Crippen molar-refractivity contribution in [1.29, 1.82) is 0 Å². The average Bonchev–Trinajstić information content (AvgIpc) is 3.79. The van der Waals surface area contributed by atoms with Gasteiger partial charge in [-0.2, -0.15) is 6.20 Å². The standard InChI is InChI=1S/C52H35N4/c1-4-14-35(15-5-1)39-30-40(36-16-6-2-7-17-36)32-41(31-39)47-28-29-53-52(54-47)56-49-23-13-11-21-44(49)46-34-38(25-27-51(46)56)37-24-26-50-45(33-37)43-20-10-12-22-48(43)55(50)42-18-8-3-9-19-42/h1-34,52H/q-1. The van der Waals surface area contributed by atoms with Crippen molar-refractivity contribution in [3.8, 4) is 39.1 Å². The van der Waals surface area contributed by atoms with Crippen molar-refractivity contribution < 1.29 is 0 Å². The summed E-state index contributed by atoms with van der Waals surface area (Å²) in [5, 5.41) is 9.83. The molecule has 0 aliphatic carbocycles. The molecule has 0 N–H and O–H groups in total. The molecule has 56 heavy (non-hydrogen) atoms. The number of rotatable bonds is 6. The fraction of sp³-hybridized carbons (Fsp3) is 0.0192. The Hall–Kier alpha value is -7.43. The summed E-state index contributed by atoms with van der Waals surface area (Å²) < 4.78 is 4.65. The maximum absolute atomic E-state index is 5.36. The number of nitrogens with zero attached hydrogens (tertiary/aromatic N) is 4. The lowest BCUT2D eigenvalue weighted by Crippen LogP contribution is -2.12. The third-order valence-corrected chi connectivity index (χ3v) is 11.1. The van der Waals surface area contributed by atoms with Crippen molar-refractivity contribution in [3.05, 3.63) is 217 Å². The van der Waals surface area contributed by atoms with Gasteiger partial charge in [0.2, 0.25) is 0 Å². The van der Waals surface area contributed by atoms with Gasteiger partial charge in [-0.1, -0.05) is 133 Å². The summed E-state index contributed by atoms with van der Waals surface area (Å²) in [7, 11) is 0. The molecule has 0 bridgehead atoms. The van der Waals surface area contributed by atoms with Crippen molar-refractivity contribution in [2.45, 2.75) is 6.29 Å². The van der Waals surface area contributed by atoms with Gasteiger partial charge in [-0.25, -0.2) is 0 Å². The molecule has 0 saturated heterocycles. The summed E-state index contributed by atoms with van der Waals surface area (Å²) in [6.45, 7) is 0. The van der Waals surface area contributed by atoms with Crippen LogP contribution < -0.4 is 0 Å². The van der Waals surface area contributed by atoms with Gasteiger partial charge in [0.05, 0.1) is 23.0 Å². The van der Waals surface area contributed by atoms with Crippen LogP contribution in [0.5, 0.6) is 0 Å². The normalized spacial score (nSPS) is 14.1. The average molecular weight is 716 g/mol. The fourth-order valence-corrected chi connectivity index (χ4v) is 8.50. The first-order valence-electron chi connectivity index (χ1n) is 19.1. The van der Waals surface area contributed by atoms with Crippen molar-refractivity contribution in [2.75, 3.05) is 0 Å². The summed E-state index contributed by atoms with van der Waals surface area (Å²) in [5.74, 6) is 0. The zero-order valence-corrected chi connectivity index (χ0v) is 30.5. The van der Waals surface area contributed by atoms with E-state index in [1.165, 1.54) is 54.8 Å². The van der Waals surface area contributed by atoms with Crippen LogP contribution in [0.3, 0.4) is 0 Å². The van der Waals surface area contributed by atoms with E-state index in [0.29, 0.717) is 0 Å². The summed E-state index contributed by atoms with van der Waals surface area (Å²) in [4.78, 5) is 5.36. The Morgan fingerprint density at radius 3 is 1.52 bits per heavy atom. The third kappa shape index (κ3) is 5.34. The molecular weight excluding hydrogens is 681 g/mol. The number of para-hydroxylation sites is 3. The summed E-state index contributed by atoms with van der Waals surface area (Å²) in [6.07, 6.45) is 3.50. The molecule has 0 fully saturated rings. The van der Waals surface area contributed by atoms with Gasteiger partial charge in [-0.15, -0.1) is 0 Å². The number of aliphatic imine (C=N–C) groups is 1. The predicted octanol–water partition coefficient (Wildman–Crippen LogP) is 13.7. The molecule has 1 aliphatic heterocycles. The second-order valence-corrected chi connectivity index (χ2v) is 14.4. The van der Waals surface area contributed by atoms with Crippen LogP contribution in [0.25, 0.3) is 88.0 Å². The molecule has 10 aromatic rings. The Balaban J connectivity index is 1.03. The molecule has 8 aromatic carbocycles. The van der Waals surface area contributed by atoms with Gasteiger partial charge < -0.3 is 14.5 Å². The maximum Gasteiger partial charge on any atom is 0.0635 e. The molecule has 4 nitrogen and oxygen atoms in total. The van der Waals surface area contributed by atoms with E-state index in [-0.39, 0.29) is 0 Å². The van der Waals surface area contributed by atoms with Gasteiger partial charge in [0.1, 0.15) is 0 Å². The lowest BCUT2D eigenvalue weighted by Gasteiger charge is -2.33. The quantitative estimate of drug-likeness (QED) is 0.164. The van der Waals surface area contributed by atoms with Crippen LogP contribution >= 0.6 is 0 Å². The molecule has 11 rings (SSSR count). The zero-order valence-electron chi connectivity index (χ0n) is 30.5. The van der Waals surface area contributed by atoms with Crippen LogP contribution in [0.1, 0.15) is 11.9 Å². The third-order valence-electron chi connectivity index (χ3n) is 11.1. The molecule has 0 amide bonds. The van der Waals surface area contributed by atoms with E-state index in [1.54, 1.807) is 0 Å². The van der Waals surface area contributed by atoms with Crippen LogP contribution in [0, 0.1) is 0 Å². The Morgan fingerprint density at radius 1 is 0.375 bits per heavy atom. The molecule has 1 aliphatic rings. The second kappa shape index (κ2) is 13.2. The van der Waals surface area contributed by atoms with E-state index < -0.39 is 6.29 Å². The van der Waals surface area contributed by atoms with Gasteiger partial charge in [0, 0.05) is 43.8 Å². The highest BCUT2D eigenvalue weighted by molar-refractivity contribution is 6.13. The Kier molecular flexibility index (Phi) is 7.52. The van der Waals surface area contributed by atoms with Gasteiger partial charge in [-0.05, 0) is 100 Å². The number of hydrogen-bond donors (Lipinski definition) is 0. The fourth-order valence-electron chi connectivity index (χ4n) is 8.50. The van der Waals surface area contributed by atoms with Crippen LogP contribution in [-0.2, 0) is 0 Å². The highest BCUT2D eigenvalue weighted by Crippen LogP contribution is 2.40. The van der Waals surface area contributed by atoms with Gasteiger partial charge in [0.25, 0.3) is 0 Å². The van der Waals surface area contributed by atoms with E-state index in [0.717, 1.165) is 39.1 Å². The predicted molar refractivity (Wildman–Crippen MR) is 235 cm³/mol. The summed E-state index contributed by atoms with van der Waals surface area (Å²) in [5.41, 5.74) is 14.8. The lowest BCUT2D eigenvalue weighted by atomic mass is 9.94. The maximum atomic E-state index is 5.36. The summed E-state index contributed by atoms with van der Waals surface area (Å²) in [6, 6.07) is 69.6. The second-order valence-electron chi connectivity index (χ2n) is 14.4. The van der Waals surface area contributed by atoms with E-state index in [4.69, 9.17) is 10.3 Å². The largest absolute Gasteiger partial charge is 0.652 e. The van der Waals surface area contributed by atoms with Gasteiger partial charge in [-0.3, -0.25) is 4.99 Å². The molecule has 0 saturated carbocycles. The number of aromatic nitrogens is 2. The molecule has 0 radical (unpaired) electrons. The molecule has 4 heteroatoms. The van der Waals surface area contributed by atoms with E-state index in [1.807, 2.05) is 12.3 Å².